The monoisotopic (exact) mass is 598 g/mol. The average molecular weight is 599 g/mol. The first-order chi connectivity index (χ1) is 22.3. The molecule has 1 aliphatic carbocycles. The molecule has 2 aliphatic heterocycles. The summed E-state index contributed by atoms with van der Waals surface area (Å²) in [6, 6.07) is 44.9. The van der Waals surface area contributed by atoms with Crippen molar-refractivity contribution in [2.45, 2.75) is 57.8 Å². The van der Waals surface area contributed by atoms with Gasteiger partial charge >= 0.3 is 0 Å². The summed E-state index contributed by atoms with van der Waals surface area (Å²) in [5.74, 6) is 0.497. The average Bonchev–Trinajstić information content (AvgIpc) is 3.09. The van der Waals surface area contributed by atoms with Crippen LogP contribution in [0.25, 0.3) is 0 Å². The molecule has 0 saturated heterocycles. The second kappa shape index (κ2) is 10.9. The largest absolute Gasteiger partial charge is 0.310 e. The molecule has 228 valence electrons. The van der Waals surface area contributed by atoms with E-state index in [-0.39, 0.29) is 10.8 Å². The van der Waals surface area contributed by atoms with Crippen LogP contribution in [0.4, 0.5) is 28.4 Å². The molecule has 1 atom stereocenters. The lowest BCUT2D eigenvalue weighted by molar-refractivity contribution is 0.587. The molecular weight excluding hydrogens is 556 g/mol. The lowest BCUT2D eigenvalue weighted by Gasteiger charge is -2.43. The van der Waals surface area contributed by atoms with Gasteiger partial charge in [-0.15, -0.1) is 0 Å². The Balaban J connectivity index is 1.05. The Morgan fingerprint density at radius 2 is 0.978 bits per heavy atom. The highest BCUT2D eigenvalue weighted by Gasteiger charge is 2.38. The van der Waals surface area contributed by atoms with Crippen LogP contribution in [-0.4, -0.2) is 0 Å². The Morgan fingerprint density at radius 1 is 0.543 bits per heavy atom. The predicted octanol–water partition coefficient (Wildman–Crippen LogP) is 11.7. The normalized spacial score (nSPS) is 18.6. The van der Waals surface area contributed by atoms with E-state index in [4.69, 9.17) is 0 Å². The fourth-order valence-corrected chi connectivity index (χ4v) is 8.14. The number of benzene rings is 5. The minimum Gasteiger partial charge on any atom is -0.310 e. The first-order valence-electron chi connectivity index (χ1n) is 16.8. The zero-order valence-electron chi connectivity index (χ0n) is 27.4. The van der Waals surface area contributed by atoms with Crippen LogP contribution in [0.5, 0.6) is 0 Å². The SMILES string of the molecule is CC1(C)c2ccccc2N(C2=CC(CCc3ccc(N4c5ccccc5C(C)(C)c5ccccc54)cc3)CC=C2)c2ccccc21. The zero-order valence-corrected chi connectivity index (χ0v) is 27.4. The number of anilines is 5. The summed E-state index contributed by atoms with van der Waals surface area (Å²) >= 11 is 0. The van der Waals surface area contributed by atoms with Crippen molar-refractivity contribution in [1.82, 2.24) is 0 Å². The minimum absolute atomic E-state index is 0.0389. The van der Waals surface area contributed by atoms with Crippen molar-refractivity contribution in [2.75, 3.05) is 9.80 Å². The van der Waals surface area contributed by atoms with Gasteiger partial charge in [-0.1, -0.05) is 125 Å². The smallest absolute Gasteiger partial charge is 0.0502 e. The molecule has 46 heavy (non-hydrogen) atoms. The van der Waals surface area contributed by atoms with E-state index in [0.29, 0.717) is 5.92 Å². The summed E-state index contributed by atoms with van der Waals surface area (Å²) in [4.78, 5) is 4.93. The third kappa shape index (κ3) is 4.54. The van der Waals surface area contributed by atoms with Gasteiger partial charge in [0.05, 0.1) is 22.7 Å². The van der Waals surface area contributed by atoms with Gasteiger partial charge in [0.2, 0.25) is 0 Å². The second-order valence-electron chi connectivity index (χ2n) is 14.2. The second-order valence-corrected chi connectivity index (χ2v) is 14.2. The molecule has 0 N–H and O–H groups in total. The lowest BCUT2D eigenvalue weighted by Crippen LogP contribution is -2.32. The molecule has 0 saturated carbocycles. The first kappa shape index (κ1) is 28.6. The van der Waals surface area contributed by atoms with Gasteiger partial charge in [-0.3, -0.25) is 0 Å². The van der Waals surface area contributed by atoms with E-state index in [9.17, 15) is 0 Å². The standard InChI is InChI=1S/C44H42N2/c1-43(2)35-16-5-9-20-39(35)45(40-21-10-6-17-36(40)43)33-28-26-31(27-29-33)24-25-32-14-13-15-34(30-32)46-41-22-11-7-18-37(41)44(3,4)38-19-8-12-23-42(38)46/h5-13,15-23,26-30,32H,14,24-25H2,1-4H3. The van der Waals surface area contributed by atoms with Crippen molar-refractivity contribution in [3.63, 3.8) is 0 Å². The quantitative estimate of drug-likeness (QED) is 0.199. The number of hydrogen-bond acceptors (Lipinski definition) is 2. The van der Waals surface area contributed by atoms with Crippen LogP contribution < -0.4 is 9.80 Å². The van der Waals surface area contributed by atoms with Gasteiger partial charge in [0, 0.05) is 22.2 Å². The number of aryl methyl sites for hydroxylation is 1. The molecular formula is C44H42N2. The molecule has 5 aromatic rings. The summed E-state index contributed by atoms with van der Waals surface area (Å²) < 4.78 is 0. The van der Waals surface area contributed by atoms with Crippen molar-refractivity contribution in [2.24, 2.45) is 5.92 Å². The Bertz CT molecular complexity index is 1890. The molecule has 3 aliphatic rings. The van der Waals surface area contributed by atoms with Gasteiger partial charge in [0.1, 0.15) is 0 Å². The predicted molar refractivity (Wildman–Crippen MR) is 194 cm³/mol. The fraction of sp³-hybridized carbons (Fsp3) is 0.227. The highest BCUT2D eigenvalue weighted by molar-refractivity contribution is 5.86. The summed E-state index contributed by atoms with van der Waals surface area (Å²) in [5.41, 5.74) is 14.4. The number of nitrogens with zero attached hydrogens (tertiary/aromatic N) is 2. The minimum atomic E-state index is -0.0427. The number of para-hydroxylation sites is 4. The molecule has 2 heterocycles. The van der Waals surface area contributed by atoms with Gasteiger partial charge in [0.15, 0.2) is 0 Å². The van der Waals surface area contributed by atoms with Gasteiger partial charge < -0.3 is 9.80 Å². The van der Waals surface area contributed by atoms with Crippen LogP contribution in [-0.2, 0) is 17.3 Å². The topological polar surface area (TPSA) is 6.48 Å². The number of allylic oxidation sites excluding steroid dienone is 3. The van der Waals surface area contributed by atoms with E-state index in [1.54, 1.807) is 0 Å². The summed E-state index contributed by atoms with van der Waals surface area (Å²) in [5, 5.41) is 0. The van der Waals surface area contributed by atoms with E-state index in [0.717, 1.165) is 19.3 Å². The summed E-state index contributed by atoms with van der Waals surface area (Å²) in [7, 11) is 0. The molecule has 0 spiro atoms. The molecule has 2 heteroatoms. The van der Waals surface area contributed by atoms with E-state index in [2.05, 4.69) is 177 Å². The third-order valence-corrected chi connectivity index (χ3v) is 10.7. The maximum Gasteiger partial charge on any atom is 0.0502 e. The van der Waals surface area contributed by atoms with Crippen LogP contribution >= 0.6 is 0 Å². The van der Waals surface area contributed by atoms with Gasteiger partial charge in [0.25, 0.3) is 0 Å². The number of hydrogen-bond donors (Lipinski definition) is 0. The Hall–Kier alpha value is -4.82. The molecule has 0 bridgehead atoms. The van der Waals surface area contributed by atoms with Crippen molar-refractivity contribution in [3.8, 4) is 0 Å². The third-order valence-electron chi connectivity index (χ3n) is 10.7. The van der Waals surface area contributed by atoms with E-state index >= 15 is 0 Å². The van der Waals surface area contributed by atoms with Gasteiger partial charge in [-0.25, -0.2) is 0 Å². The molecule has 5 aromatic carbocycles. The van der Waals surface area contributed by atoms with Gasteiger partial charge in [-0.05, 0) is 95.5 Å². The van der Waals surface area contributed by atoms with Crippen LogP contribution in [0.3, 0.4) is 0 Å². The van der Waals surface area contributed by atoms with E-state index < -0.39 is 0 Å². The summed E-state index contributed by atoms with van der Waals surface area (Å²) in [6.45, 7) is 9.39. The molecule has 8 rings (SSSR count). The first-order valence-corrected chi connectivity index (χ1v) is 16.8. The highest BCUT2D eigenvalue weighted by atomic mass is 15.2. The van der Waals surface area contributed by atoms with E-state index in [1.165, 1.54) is 62.0 Å². The van der Waals surface area contributed by atoms with Crippen LogP contribution in [0.1, 0.15) is 68.4 Å². The zero-order chi connectivity index (χ0) is 31.5. The number of fused-ring (bicyclic) bond motifs is 4. The van der Waals surface area contributed by atoms with Crippen molar-refractivity contribution in [3.05, 3.63) is 173 Å². The fourth-order valence-electron chi connectivity index (χ4n) is 8.14. The Kier molecular flexibility index (Phi) is 6.79. The highest BCUT2D eigenvalue weighted by Crippen LogP contribution is 2.52. The van der Waals surface area contributed by atoms with Crippen LogP contribution in [0, 0.1) is 5.92 Å². The van der Waals surface area contributed by atoms with E-state index in [1.807, 2.05) is 0 Å². The molecule has 0 fully saturated rings. The van der Waals surface area contributed by atoms with Crippen LogP contribution in [0.2, 0.25) is 0 Å². The van der Waals surface area contributed by atoms with Crippen LogP contribution in [0.15, 0.2) is 145 Å². The molecule has 0 aromatic heterocycles. The Labute approximate surface area is 274 Å². The molecule has 0 amide bonds. The molecule has 1 unspecified atom stereocenters. The summed E-state index contributed by atoms with van der Waals surface area (Å²) in [6.07, 6.45) is 10.5. The maximum absolute atomic E-state index is 2.52. The molecule has 0 radical (unpaired) electrons. The Morgan fingerprint density at radius 3 is 1.46 bits per heavy atom. The molecule has 2 nitrogen and oxygen atoms in total. The lowest BCUT2D eigenvalue weighted by atomic mass is 9.73. The maximum atomic E-state index is 2.52. The van der Waals surface area contributed by atoms with Crippen molar-refractivity contribution in [1.29, 1.82) is 0 Å². The van der Waals surface area contributed by atoms with Gasteiger partial charge in [-0.2, -0.15) is 0 Å². The number of rotatable bonds is 5. The van der Waals surface area contributed by atoms with Crippen molar-refractivity contribution < 1.29 is 0 Å². The van der Waals surface area contributed by atoms with Crippen molar-refractivity contribution >= 4 is 28.4 Å².